The van der Waals surface area contributed by atoms with Crippen LogP contribution in [0.15, 0.2) is 36.4 Å². The zero-order valence-electron chi connectivity index (χ0n) is 14.8. The minimum Gasteiger partial charge on any atom is -0.497 e. The summed E-state index contributed by atoms with van der Waals surface area (Å²) in [6.45, 7) is 5.96. The fourth-order valence-electron chi connectivity index (χ4n) is 2.57. The molecule has 1 N–H and O–H groups in total. The molecule has 4 heteroatoms. The summed E-state index contributed by atoms with van der Waals surface area (Å²) in [6.07, 6.45) is 3.35. The quantitative estimate of drug-likeness (QED) is 0.835. The van der Waals surface area contributed by atoms with Crippen LogP contribution in [0.4, 0.5) is 5.69 Å². The second-order valence-corrected chi connectivity index (χ2v) is 5.70. The lowest BCUT2D eigenvalue weighted by molar-refractivity contribution is -0.111. The Bertz CT molecular complexity index is 755. The van der Waals surface area contributed by atoms with Crippen LogP contribution in [0, 0.1) is 20.8 Å². The van der Waals surface area contributed by atoms with Crippen LogP contribution in [-0.4, -0.2) is 20.1 Å². The van der Waals surface area contributed by atoms with Crippen LogP contribution >= 0.6 is 0 Å². The number of nitrogens with one attached hydrogen (secondary N) is 1. The van der Waals surface area contributed by atoms with Crippen molar-refractivity contribution in [3.63, 3.8) is 0 Å². The first-order valence-corrected chi connectivity index (χ1v) is 7.73. The molecule has 126 valence electrons. The van der Waals surface area contributed by atoms with E-state index in [1.807, 2.05) is 57.2 Å². The van der Waals surface area contributed by atoms with Crippen LogP contribution in [0.2, 0.25) is 0 Å². The van der Waals surface area contributed by atoms with Gasteiger partial charge in [-0.2, -0.15) is 0 Å². The maximum Gasteiger partial charge on any atom is 0.248 e. The Morgan fingerprint density at radius 2 is 1.67 bits per heavy atom. The number of ether oxygens (including phenoxy) is 2. The molecule has 0 heterocycles. The molecule has 0 aliphatic heterocycles. The van der Waals surface area contributed by atoms with Gasteiger partial charge in [-0.25, -0.2) is 0 Å². The normalized spacial score (nSPS) is 10.7. The molecule has 0 unspecified atom stereocenters. The van der Waals surface area contributed by atoms with Crippen LogP contribution in [0.3, 0.4) is 0 Å². The third kappa shape index (κ3) is 4.16. The molecule has 0 atom stereocenters. The lowest BCUT2D eigenvalue weighted by atomic mass is 10.0. The first kappa shape index (κ1) is 17.6. The van der Waals surface area contributed by atoms with Gasteiger partial charge in [0.05, 0.1) is 19.9 Å². The number of rotatable bonds is 5. The summed E-state index contributed by atoms with van der Waals surface area (Å²) in [6, 6.07) is 9.57. The van der Waals surface area contributed by atoms with Gasteiger partial charge in [0.1, 0.15) is 11.5 Å². The van der Waals surface area contributed by atoms with Crippen molar-refractivity contribution >= 4 is 17.7 Å². The van der Waals surface area contributed by atoms with Gasteiger partial charge in [0.15, 0.2) is 0 Å². The summed E-state index contributed by atoms with van der Waals surface area (Å²) >= 11 is 0. The molecule has 0 aliphatic rings. The van der Waals surface area contributed by atoms with E-state index in [9.17, 15) is 4.79 Å². The predicted octanol–water partition coefficient (Wildman–Crippen LogP) is 4.28. The van der Waals surface area contributed by atoms with Gasteiger partial charge in [-0.3, -0.25) is 4.79 Å². The molecular weight excluding hydrogens is 302 g/mol. The highest BCUT2D eigenvalue weighted by Gasteiger charge is 2.07. The molecule has 0 saturated carbocycles. The van der Waals surface area contributed by atoms with Gasteiger partial charge in [0.25, 0.3) is 0 Å². The number of hydrogen-bond acceptors (Lipinski definition) is 3. The largest absolute Gasteiger partial charge is 0.497 e. The van der Waals surface area contributed by atoms with Gasteiger partial charge in [0.2, 0.25) is 5.91 Å². The number of methoxy groups -OCH3 is 2. The Morgan fingerprint density at radius 1 is 1.00 bits per heavy atom. The highest BCUT2D eigenvalue weighted by Crippen LogP contribution is 2.26. The zero-order chi connectivity index (χ0) is 17.7. The van der Waals surface area contributed by atoms with E-state index in [1.165, 1.54) is 6.08 Å². The number of carbonyl (C=O) groups is 1. The molecule has 0 fully saturated rings. The van der Waals surface area contributed by atoms with Crippen molar-refractivity contribution in [1.82, 2.24) is 0 Å². The molecule has 2 aromatic rings. The van der Waals surface area contributed by atoms with Crippen molar-refractivity contribution in [2.75, 3.05) is 19.5 Å². The molecule has 0 bridgehead atoms. The Morgan fingerprint density at radius 3 is 2.25 bits per heavy atom. The number of aryl methyl sites for hydroxylation is 3. The van der Waals surface area contributed by atoms with Gasteiger partial charge in [-0.15, -0.1) is 0 Å². The third-order valence-electron chi connectivity index (χ3n) is 3.82. The van der Waals surface area contributed by atoms with Gasteiger partial charge in [-0.1, -0.05) is 6.07 Å². The lowest BCUT2D eigenvalue weighted by Gasteiger charge is -2.10. The summed E-state index contributed by atoms with van der Waals surface area (Å²) in [7, 11) is 3.23. The molecule has 1 amide bonds. The fraction of sp³-hybridized carbons (Fsp3) is 0.250. The van der Waals surface area contributed by atoms with Crippen LogP contribution in [0.5, 0.6) is 11.5 Å². The van der Waals surface area contributed by atoms with Crippen molar-refractivity contribution < 1.29 is 14.3 Å². The van der Waals surface area contributed by atoms with E-state index in [0.717, 1.165) is 28.0 Å². The Balaban J connectivity index is 2.19. The first-order chi connectivity index (χ1) is 11.4. The minimum atomic E-state index is -0.200. The van der Waals surface area contributed by atoms with E-state index in [4.69, 9.17) is 9.47 Å². The SMILES string of the molecule is COc1cc(C)c(/C=C/C(=O)Nc2cc(C)ccc2OC)c(C)c1. The highest BCUT2D eigenvalue weighted by atomic mass is 16.5. The average molecular weight is 325 g/mol. The zero-order valence-corrected chi connectivity index (χ0v) is 14.8. The van der Waals surface area contributed by atoms with Crippen molar-refractivity contribution in [3.05, 3.63) is 58.7 Å². The van der Waals surface area contributed by atoms with E-state index < -0.39 is 0 Å². The predicted molar refractivity (Wildman–Crippen MR) is 97.9 cm³/mol. The smallest absolute Gasteiger partial charge is 0.248 e. The van der Waals surface area contributed by atoms with Crippen LogP contribution in [0.25, 0.3) is 6.08 Å². The van der Waals surface area contributed by atoms with Crippen molar-refractivity contribution in [3.8, 4) is 11.5 Å². The molecule has 24 heavy (non-hydrogen) atoms. The molecule has 4 nitrogen and oxygen atoms in total. The molecule has 0 saturated heterocycles. The molecule has 2 aromatic carbocycles. The molecule has 0 radical (unpaired) electrons. The van der Waals surface area contributed by atoms with E-state index in [-0.39, 0.29) is 5.91 Å². The second-order valence-electron chi connectivity index (χ2n) is 5.70. The van der Waals surface area contributed by atoms with Crippen LogP contribution < -0.4 is 14.8 Å². The Labute approximate surface area is 143 Å². The monoisotopic (exact) mass is 325 g/mol. The molecule has 0 aromatic heterocycles. The van der Waals surface area contributed by atoms with Gasteiger partial charge in [0, 0.05) is 6.08 Å². The van der Waals surface area contributed by atoms with Gasteiger partial charge < -0.3 is 14.8 Å². The summed E-state index contributed by atoms with van der Waals surface area (Å²) in [5.41, 5.74) is 4.85. The Kier molecular flexibility index (Phi) is 5.64. The van der Waals surface area contributed by atoms with Crippen LogP contribution in [0.1, 0.15) is 22.3 Å². The van der Waals surface area contributed by atoms with Crippen molar-refractivity contribution in [2.24, 2.45) is 0 Å². The summed E-state index contributed by atoms with van der Waals surface area (Å²) in [4.78, 5) is 12.2. The average Bonchev–Trinajstić information content (AvgIpc) is 2.54. The van der Waals surface area contributed by atoms with E-state index in [2.05, 4.69) is 5.32 Å². The van der Waals surface area contributed by atoms with Crippen molar-refractivity contribution in [2.45, 2.75) is 20.8 Å². The van der Waals surface area contributed by atoms with E-state index in [0.29, 0.717) is 11.4 Å². The lowest BCUT2D eigenvalue weighted by Crippen LogP contribution is -2.09. The van der Waals surface area contributed by atoms with Gasteiger partial charge in [-0.05, 0) is 73.4 Å². The molecule has 0 aliphatic carbocycles. The van der Waals surface area contributed by atoms with Crippen molar-refractivity contribution in [1.29, 1.82) is 0 Å². The maximum atomic E-state index is 12.2. The topological polar surface area (TPSA) is 47.6 Å². The second kappa shape index (κ2) is 7.68. The molecular formula is C20H23NO3. The standard InChI is InChI=1S/C20H23NO3/c1-13-6-8-19(24-5)18(10-13)21-20(22)9-7-17-14(2)11-16(23-4)12-15(17)3/h6-12H,1-5H3,(H,21,22)/b9-7+. The number of carbonyl (C=O) groups excluding carboxylic acids is 1. The molecule has 0 spiro atoms. The summed E-state index contributed by atoms with van der Waals surface area (Å²) in [5.74, 6) is 1.25. The highest BCUT2D eigenvalue weighted by molar-refractivity contribution is 6.03. The number of anilines is 1. The Hall–Kier alpha value is -2.75. The minimum absolute atomic E-state index is 0.200. The number of amides is 1. The maximum absolute atomic E-state index is 12.2. The number of hydrogen-bond donors (Lipinski definition) is 1. The third-order valence-corrected chi connectivity index (χ3v) is 3.82. The van der Waals surface area contributed by atoms with E-state index >= 15 is 0 Å². The molecule has 2 rings (SSSR count). The van der Waals surface area contributed by atoms with E-state index in [1.54, 1.807) is 14.2 Å². The van der Waals surface area contributed by atoms with Crippen LogP contribution in [-0.2, 0) is 4.79 Å². The number of benzene rings is 2. The summed E-state index contributed by atoms with van der Waals surface area (Å²) in [5, 5.41) is 2.86. The fourth-order valence-corrected chi connectivity index (χ4v) is 2.57. The first-order valence-electron chi connectivity index (χ1n) is 7.73. The summed E-state index contributed by atoms with van der Waals surface area (Å²) < 4.78 is 10.5. The van der Waals surface area contributed by atoms with Gasteiger partial charge >= 0.3 is 0 Å².